The second kappa shape index (κ2) is 4.49. The number of benzene rings is 1. The summed E-state index contributed by atoms with van der Waals surface area (Å²) in [6, 6.07) is 4.02. The molecule has 0 spiro atoms. The maximum atomic E-state index is 13.7. The van der Waals surface area contributed by atoms with Gasteiger partial charge in [-0.3, -0.25) is 0 Å². The van der Waals surface area contributed by atoms with Crippen LogP contribution in [0.5, 0.6) is 0 Å². The fraction of sp³-hybridized carbons (Fsp3) is 0.100. The highest BCUT2D eigenvalue weighted by Crippen LogP contribution is 2.38. The van der Waals surface area contributed by atoms with Gasteiger partial charge in [-0.1, -0.05) is 6.07 Å². The van der Waals surface area contributed by atoms with E-state index in [0.29, 0.717) is 4.70 Å². The van der Waals surface area contributed by atoms with E-state index < -0.39 is 25.7 Å². The van der Waals surface area contributed by atoms with Crippen LogP contribution in [-0.4, -0.2) is 21.5 Å². The molecule has 18 heavy (non-hydrogen) atoms. The minimum absolute atomic E-state index is 0.182. The molecule has 0 radical (unpaired) electrons. The van der Waals surface area contributed by atoms with Gasteiger partial charge in [-0.05, 0) is 12.1 Å². The lowest BCUT2D eigenvalue weighted by atomic mass is 10.2. The summed E-state index contributed by atoms with van der Waals surface area (Å²) in [7, 11) is 2.11. The summed E-state index contributed by atoms with van der Waals surface area (Å²) >= 11 is 0.819. The third-order valence-electron chi connectivity index (χ3n) is 2.24. The largest absolute Gasteiger partial charge is 0.465 e. The average Bonchev–Trinajstić information content (AvgIpc) is 2.68. The lowest BCUT2D eigenvalue weighted by molar-refractivity contribution is 0.0602. The molecule has 8 heteroatoms. The molecule has 2 aromatic rings. The SMILES string of the molecule is COC(=O)c1sc2cccc(F)c2c1S(=O)(=O)Cl. The molecule has 1 aromatic carbocycles. The van der Waals surface area contributed by atoms with E-state index in [0.717, 1.165) is 24.5 Å². The smallest absolute Gasteiger partial charge is 0.349 e. The predicted octanol–water partition coefficient (Wildman–Crippen LogP) is 2.75. The second-order valence-corrected chi connectivity index (χ2v) is 6.86. The molecule has 0 bridgehead atoms. The molecule has 0 saturated heterocycles. The van der Waals surface area contributed by atoms with Crippen LogP contribution >= 0.6 is 22.0 Å². The van der Waals surface area contributed by atoms with E-state index in [1.54, 1.807) is 0 Å². The van der Waals surface area contributed by atoms with Crippen LogP contribution in [-0.2, 0) is 13.8 Å². The summed E-state index contributed by atoms with van der Waals surface area (Å²) in [6.45, 7) is 0. The van der Waals surface area contributed by atoms with Crippen molar-refractivity contribution in [2.45, 2.75) is 4.90 Å². The zero-order chi connectivity index (χ0) is 13.5. The van der Waals surface area contributed by atoms with Crippen LogP contribution in [0.25, 0.3) is 10.1 Å². The first-order chi connectivity index (χ1) is 8.36. The Labute approximate surface area is 110 Å². The summed E-state index contributed by atoms with van der Waals surface area (Å²) in [5.74, 6) is -1.62. The van der Waals surface area contributed by atoms with Crippen molar-refractivity contribution < 1.29 is 22.3 Å². The highest BCUT2D eigenvalue weighted by atomic mass is 35.7. The number of fused-ring (bicyclic) bond motifs is 1. The van der Waals surface area contributed by atoms with Gasteiger partial charge in [0.15, 0.2) is 0 Å². The van der Waals surface area contributed by atoms with Gasteiger partial charge in [-0.25, -0.2) is 17.6 Å². The van der Waals surface area contributed by atoms with Crippen LogP contribution in [0.2, 0.25) is 0 Å². The molecule has 0 aliphatic rings. The van der Waals surface area contributed by atoms with Gasteiger partial charge >= 0.3 is 5.97 Å². The Bertz CT molecular complexity index is 736. The van der Waals surface area contributed by atoms with E-state index in [9.17, 15) is 17.6 Å². The maximum Gasteiger partial charge on any atom is 0.349 e. The molecule has 0 amide bonds. The molecule has 0 aliphatic carbocycles. The van der Waals surface area contributed by atoms with Crippen molar-refractivity contribution in [2.75, 3.05) is 7.11 Å². The normalized spacial score (nSPS) is 11.7. The van der Waals surface area contributed by atoms with Crippen molar-refractivity contribution in [3.05, 3.63) is 28.9 Å². The fourth-order valence-electron chi connectivity index (χ4n) is 1.54. The van der Waals surface area contributed by atoms with Crippen LogP contribution in [0, 0.1) is 5.82 Å². The van der Waals surface area contributed by atoms with E-state index in [-0.39, 0.29) is 10.3 Å². The van der Waals surface area contributed by atoms with Crippen molar-refractivity contribution in [3.63, 3.8) is 0 Å². The molecule has 4 nitrogen and oxygen atoms in total. The van der Waals surface area contributed by atoms with E-state index in [2.05, 4.69) is 4.74 Å². The maximum absolute atomic E-state index is 13.7. The van der Waals surface area contributed by atoms with Crippen LogP contribution in [0.3, 0.4) is 0 Å². The molecule has 0 N–H and O–H groups in total. The van der Waals surface area contributed by atoms with E-state index in [1.165, 1.54) is 12.1 Å². The minimum Gasteiger partial charge on any atom is -0.465 e. The number of rotatable bonds is 2. The van der Waals surface area contributed by atoms with E-state index in [1.807, 2.05) is 0 Å². The lowest BCUT2D eigenvalue weighted by Crippen LogP contribution is -2.04. The molecular weight excluding hydrogens is 303 g/mol. The highest BCUT2D eigenvalue weighted by Gasteiger charge is 2.29. The van der Waals surface area contributed by atoms with Crippen LogP contribution in [0.1, 0.15) is 9.67 Å². The van der Waals surface area contributed by atoms with E-state index >= 15 is 0 Å². The average molecular weight is 309 g/mol. The predicted molar refractivity (Wildman–Crippen MR) is 66.2 cm³/mol. The topological polar surface area (TPSA) is 60.4 Å². The zero-order valence-corrected chi connectivity index (χ0v) is 11.3. The monoisotopic (exact) mass is 308 g/mol. The Hall–Kier alpha value is -1.18. The number of methoxy groups -OCH3 is 1. The lowest BCUT2D eigenvalue weighted by Gasteiger charge is -1.99. The number of ether oxygens (including phenoxy) is 1. The first kappa shape index (κ1) is 13.3. The van der Waals surface area contributed by atoms with Gasteiger partial charge in [-0.15, -0.1) is 11.3 Å². The van der Waals surface area contributed by atoms with Crippen molar-refractivity contribution in [2.24, 2.45) is 0 Å². The number of hydrogen-bond donors (Lipinski definition) is 0. The van der Waals surface area contributed by atoms with Crippen LogP contribution < -0.4 is 0 Å². The second-order valence-electron chi connectivity index (χ2n) is 3.30. The van der Waals surface area contributed by atoms with E-state index in [4.69, 9.17) is 10.7 Å². The number of esters is 1. The van der Waals surface area contributed by atoms with Crippen LogP contribution in [0.15, 0.2) is 23.1 Å². The summed E-state index contributed by atoms with van der Waals surface area (Å²) < 4.78 is 41.5. The van der Waals surface area contributed by atoms with Gasteiger partial charge in [0, 0.05) is 20.8 Å². The summed E-state index contributed by atoms with van der Waals surface area (Å²) in [5.41, 5.74) is 0. The Morgan fingerprint density at radius 1 is 1.44 bits per heavy atom. The van der Waals surface area contributed by atoms with Gasteiger partial charge < -0.3 is 4.74 Å². The Morgan fingerprint density at radius 2 is 2.11 bits per heavy atom. The van der Waals surface area contributed by atoms with Gasteiger partial charge in [0.1, 0.15) is 15.6 Å². The van der Waals surface area contributed by atoms with Crippen molar-refractivity contribution >= 4 is 47.1 Å². The fourth-order valence-corrected chi connectivity index (χ4v) is 4.44. The molecule has 2 rings (SSSR count). The molecule has 0 fully saturated rings. The van der Waals surface area contributed by atoms with Gasteiger partial charge in [-0.2, -0.15) is 0 Å². The molecule has 1 aromatic heterocycles. The molecule has 1 heterocycles. The van der Waals surface area contributed by atoms with Crippen molar-refractivity contribution in [1.82, 2.24) is 0 Å². The van der Waals surface area contributed by atoms with Crippen LogP contribution in [0.4, 0.5) is 4.39 Å². The molecule has 96 valence electrons. The van der Waals surface area contributed by atoms with Crippen molar-refractivity contribution in [1.29, 1.82) is 0 Å². The Kier molecular flexibility index (Phi) is 3.31. The quantitative estimate of drug-likeness (QED) is 0.632. The van der Waals surface area contributed by atoms with Gasteiger partial charge in [0.05, 0.1) is 7.11 Å². The molecule has 0 unspecified atom stereocenters. The van der Waals surface area contributed by atoms with Gasteiger partial charge in [0.25, 0.3) is 9.05 Å². The molecular formula is C10H6ClFO4S2. The summed E-state index contributed by atoms with van der Waals surface area (Å²) in [4.78, 5) is 10.7. The molecule has 0 atom stereocenters. The zero-order valence-electron chi connectivity index (χ0n) is 8.94. The number of carbonyl (C=O) groups excluding carboxylic acids is 1. The summed E-state index contributed by atoms with van der Waals surface area (Å²) in [5, 5.41) is -0.182. The Balaban J connectivity index is 2.97. The summed E-state index contributed by atoms with van der Waals surface area (Å²) in [6.07, 6.45) is 0. The number of halogens is 2. The van der Waals surface area contributed by atoms with Gasteiger partial charge in [0.2, 0.25) is 0 Å². The third kappa shape index (κ3) is 2.09. The molecule has 0 saturated carbocycles. The Morgan fingerprint density at radius 3 is 2.67 bits per heavy atom. The number of hydrogen-bond acceptors (Lipinski definition) is 5. The highest BCUT2D eigenvalue weighted by molar-refractivity contribution is 8.14. The van der Waals surface area contributed by atoms with Crippen molar-refractivity contribution in [3.8, 4) is 0 Å². The first-order valence-electron chi connectivity index (χ1n) is 4.60. The molecule has 0 aliphatic heterocycles. The number of thiophene rings is 1. The first-order valence-corrected chi connectivity index (χ1v) is 7.73. The minimum atomic E-state index is -4.25. The standard InChI is InChI=1S/C10H6ClFO4S2/c1-16-10(13)8-9(18(11,14)15)7-5(12)3-2-4-6(7)17-8/h2-4H,1H3. The number of carbonyl (C=O) groups is 1. The third-order valence-corrected chi connectivity index (χ3v) is 4.86.